The Labute approximate surface area is 155 Å². The van der Waals surface area contributed by atoms with Crippen molar-refractivity contribution in [3.63, 3.8) is 0 Å². The second-order valence-electron chi connectivity index (χ2n) is 10.6. The third-order valence-corrected chi connectivity index (χ3v) is 25.1. The Morgan fingerprint density at radius 1 is 0.958 bits per heavy atom. The van der Waals surface area contributed by atoms with E-state index in [9.17, 15) is 0 Å². The summed E-state index contributed by atoms with van der Waals surface area (Å²) in [5, 5.41) is 1.64. The monoisotopic (exact) mass is 400 g/mol. The minimum absolute atomic E-state index is 0.247. The normalized spacial score (nSPS) is 18.8. The van der Waals surface area contributed by atoms with Crippen molar-refractivity contribution in [3.05, 3.63) is 5.30 Å². The molecular weight excluding hydrogens is 362 g/mol. The standard InChI is InChI=1S/C18H38N2P2Si2/c1-18(2,3)15-16(20-13-11-10-12-14-20)19-22(21-15)17(23(4,5)6)24(7,8)9/h17H,10-14H2,1-9H3. The average molecular weight is 401 g/mol. The first kappa shape index (κ1) is 20.7. The van der Waals surface area contributed by atoms with E-state index in [0.29, 0.717) is 0 Å². The highest BCUT2D eigenvalue weighted by Crippen LogP contribution is 2.60. The quantitative estimate of drug-likeness (QED) is 0.495. The minimum atomic E-state index is -1.21. The van der Waals surface area contributed by atoms with Gasteiger partial charge in [-0.2, -0.15) is 0 Å². The van der Waals surface area contributed by atoms with Gasteiger partial charge < -0.3 is 4.90 Å². The molecule has 0 saturated carbocycles. The van der Waals surface area contributed by atoms with Gasteiger partial charge in [0.15, 0.2) is 0 Å². The van der Waals surface area contributed by atoms with Crippen molar-refractivity contribution in [2.45, 2.75) is 89.6 Å². The lowest BCUT2D eigenvalue weighted by atomic mass is 9.94. The molecule has 2 heterocycles. The lowest BCUT2D eigenvalue weighted by molar-refractivity contribution is 0.558. The van der Waals surface area contributed by atoms with Crippen molar-refractivity contribution in [2.24, 2.45) is 0 Å². The summed E-state index contributed by atoms with van der Waals surface area (Å²) >= 11 is 0. The molecule has 1 aromatic heterocycles. The predicted octanol–water partition coefficient (Wildman–Crippen LogP) is 7.23. The molecule has 1 aromatic rings. The number of hydrogen-bond donors (Lipinski definition) is 0. The van der Waals surface area contributed by atoms with Crippen molar-refractivity contribution >= 4 is 37.2 Å². The summed E-state index contributed by atoms with van der Waals surface area (Å²) in [6.07, 6.45) is 4.08. The van der Waals surface area contributed by atoms with Crippen LogP contribution in [0.2, 0.25) is 39.3 Å². The van der Waals surface area contributed by atoms with Crippen LogP contribution in [0.3, 0.4) is 0 Å². The van der Waals surface area contributed by atoms with Crippen LogP contribution in [-0.4, -0.2) is 34.0 Å². The molecule has 1 aliphatic heterocycles. The number of piperidine rings is 1. The third-order valence-electron chi connectivity index (χ3n) is 4.85. The zero-order valence-corrected chi connectivity index (χ0v) is 21.2. The van der Waals surface area contributed by atoms with Crippen molar-refractivity contribution in [3.8, 4) is 0 Å². The summed E-state index contributed by atoms with van der Waals surface area (Å²) in [6.45, 7) is 25.1. The number of rotatable bonds is 4. The maximum Gasteiger partial charge on any atom is 0.141 e. The topological polar surface area (TPSA) is 16.1 Å². The van der Waals surface area contributed by atoms with Gasteiger partial charge in [0.2, 0.25) is 0 Å². The number of anilines is 1. The van der Waals surface area contributed by atoms with Crippen LogP contribution in [0.25, 0.3) is 0 Å². The highest BCUT2D eigenvalue weighted by atomic mass is 31.9. The first-order valence-electron chi connectivity index (χ1n) is 9.54. The Hall–Kier alpha value is 0.374. The summed E-state index contributed by atoms with van der Waals surface area (Å²) < 4.78 is 5.52. The van der Waals surface area contributed by atoms with E-state index in [-0.39, 0.29) is 12.8 Å². The molecular formula is C18H38N2P2Si2. The Morgan fingerprint density at radius 2 is 1.46 bits per heavy atom. The highest BCUT2D eigenvalue weighted by molar-refractivity contribution is 8.01. The van der Waals surface area contributed by atoms with Crippen LogP contribution >= 0.6 is 15.2 Å². The summed E-state index contributed by atoms with van der Waals surface area (Å²) in [6, 6.07) is 0. The first-order valence-corrected chi connectivity index (χ1v) is 19.7. The van der Waals surface area contributed by atoms with E-state index in [1.807, 2.05) is 0 Å². The molecule has 0 spiro atoms. The molecule has 24 heavy (non-hydrogen) atoms. The van der Waals surface area contributed by atoms with E-state index in [4.69, 9.17) is 4.75 Å². The van der Waals surface area contributed by atoms with Gasteiger partial charge >= 0.3 is 0 Å². The SMILES string of the molecule is CC(C)(C)c1pp(C([Si](C)(C)C)[Si](C)(C)C)nc1N1CCCCC1. The summed E-state index contributed by atoms with van der Waals surface area (Å²) in [4.78, 5) is 3.55. The van der Waals surface area contributed by atoms with Gasteiger partial charge in [0, 0.05) is 23.3 Å². The molecule has 2 rings (SSSR count). The maximum atomic E-state index is 5.52. The molecule has 0 N–H and O–H groups in total. The molecule has 1 unspecified atom stereocenters. The van der Waals surface area contributed by atoms with Crippen LogP contribution in [0, 0.1) is 0 Å². The number of nitrogens with zero attached hydrogens (tertiary/aromatic N) is 2. The maximum absolute atomic E-state index is 5.52. The Kier molecular flexibility index (Phi) is 6.19. The summed E-state index contributed by atoms with van der Waals surface area (Å²) in [5.74, 6) is 1.41. The van der Waals surface area contributed by atoms with Crippen LogP contribution in [0.1, 0.15) is 50.2 Å². The zero-order chi connectivity index (χ0) is 18.3. The summed E-state index contributed by atoms with van der Waals surface area (Å²) in [5.41, 5.74) is 0.248. The molecule has 0 aromatic carbocycles. The molecule has 0 aliphatic carbocycles. The fourth-order valence-electron chi connectivity index (χ4n) is 4.23. The van der Waals surface area contributed by atoms with Crippen LogP contribution in [0.15, 0.2) is 0 Å². The molecule has 1 aliphatic rings. The van der Waals surface area contributed by atoms with E-state index in [1.54, 1.807) is 13.2 Å². The lowest BCUT2D eigenvalue weighted by Gasteiger charge is -2.37. The largest absolute Gasteiger partial charge is 0.356 e. The molecule has 6 heteroatoms. The van der Waals surface area contributed by atoms with E-state index < -0.39 is 16.1 Å². The first-order chi connectivity index (χ1) is 10.8. The van der Waals surface area contributed by atoms with Crippen molar-refractivity contribution in [1.82, 2.24) is 4.75 Å². The molecule has 0 bridgehead atoms. The fourth-order valence-corrected chi connectivity index (χ4v) is 31.9. The van der Waals surface area contributed by atoms with E-state index >= 15 is 0 Å². The van der Waals surface area contributed by atoms with Crippen LogP contribution < -0.4 is 4.90 Å². The molecule has 1 saturated heterocycles. The van der Waals surface area contributed by atoms with Crippen molar-refractivity contribution in [1.29, 1.82) is 0 Å². The molecule has 138 valence electrons. The van der Waals surface area contributed by atoms with Gasteiger partial charge in [0.05, 0.1) is 16.1 Å². The molecule has 0 radical (unpaired) electrons. The van der Waals surface area contributed by atoms with E-state index in [0.717, 1.165) is 4.91 Å². The van der Waals surface area contributed by atoms with Gasteiger partial charge in [-0.1, -0.05) is 60.1 Å². The minimum Gasteiger partial charge on any atom is -0.356 e. The lowest BCUT2D eigenvalue weighted by Crippen LogP contribution is -2.43. The number of hydrogen-bond acceptors (Lipinski definition) is 2. The van der Waals surface area contributed by atoms with Gasteiger partial charge in [-0.05, 0) is 39.9 Å². The van der Waals surface area contributed by atoms with Gasteiger partial charge in [-0.15, -0.1) is 0 Å². The molecule has 1 atom stereocenters. The zero-order valence-electron chi connectivity index (χ0n) is 17.4. The van der Waals surface area contributed by atoms with Crippen molar-refractivity contribution in [2.75, 3.05) is 18.0 Å². The van der Waals surface area contributed by atoms with Gasteiger partial charge in [0.25, 0.3) is 0 Å². The summed E-state index contributed by atoms with van der Waals surface area (Å²) in [7, 11) is -1.08. The fraction of sp³-hybridized carbons (Fsp3) is 0.889. The van der Waals surface area contributed by atoms with E-state index in [1.165, 1.54) is 38.2 Å². The Bertz CT molecular complexity index is 545. The molecule has 1 fully saturated rings. The Balaban J connectivity index is 2.53. The highest BCUT2D eigenvalue weighted by Gasteiger charge is 2.41. The van der Waals surface area contributed by atoms with Crippen LogP contribution in [0.5, 0.6) is 0 Å². The van der Waals surface area contributed by atoms with Gasteiger partial charge in [0.1, 0.15) is 5.82 Å². The second-order valence-corrected chi connectivity index (χ2v) is 26.6. The average Bonchev–Trinajstić information content (AvgIpc) is 2.80. The molecule has 2 nitrogen and oxygen atoms in total. The van der Waals surface area contributed by atoms with Crippen molar-refractivity contribution < 1.29 is 0 Å². The third kappa shape index (κ3) is 4.75. The van der Waals surface area contributed by atoms with Crippen LogP contribution in [-0.2, 0) is 5.41 Å². The molecule has 0 amide bonds. The smallest absolute Gasteiger partial charge is 0.141 e. The second kappa shape index (κ2) is 7.18. The van der Waals surface area contributed by atoms with E-state index in [2.05, 4.69) is 65.0 Å². The predicted molar refractivity (Wildman–Crippen MR) is 120 cm³/mol. The Morgan fingerprint density at radius 3 is 1.88 bits per heavy atom. The number of aromatic nitrogens is 1. The van der Waals surface area contributed by atoms with Gasteiger partial charge in [-0.25, -0.2) is 4.75 Å². The van der Waals surface area contributed by atoms with Gasteiger partial charge in [-0.3, -0.25) is 0 Å². The van der Waals surface area contributed by atoms with Crippen LogP contribution in [0.4, 0.5) is 5.82 Å².